The Bertz CT molecular complexity index is 396. The zero-order valence-corrected chi connectivity index (χ0v) is 13.9. The van der Waals surface area contributed by atoms with Crippen molar-refractivity contribution in [3.05, 3.63) is 15.9 Å². The predicted molar refractivity (Wildman–Crippen MR) is 79.8 cm³/mol. The molecule has 0 radical (unpaired) electrons. The van der Waals surface area contributed by atoms with Gasteiger partial charge in [0.1, 0.15) is 0 Å². The zero-order chi connectivity index (χ0) is 13.9. The average Bonchev–Trinajstić information content (AvgIpc) is 2.56. The molecule has 0 unspecified atom stereocenters. The maximum atomic E-state index is 4.50. The minimum atomic E-state index is 0.151. The lowest BCUT2D eigenvalue weighted by atomic mass is 10.0. The summed E-state index contributed by atoms with van der Waals surface area (Å²) in [5, 5.41) is 8.02. The number of hydrogen-bond acceptors (Lipinski definition) is 3. The molecule has 18 heavy (non-hydrogen) atoms. The van der Waals surface area contributed by atoms with Crippen LogP contribution in [0.1, 0.15) is 32.2 Å². The second kappa shape index (κ2) is 6.17. The molecule has 0 atom stereocenters. The van der Waals surface area contributed by atoms with E-state index in [4.69, 9.17) is 0 Å². The van der Waals surface area contributed by atoms with Crippen LogP contribution in [0.5, 0.6) is 0 Å². The van der Waals surface area contributed by atoms with Crippen molar-refractivity contribution >= 4 is 15.9 Å². The van der Waals surface area contributed by atoms with Crippen LogP contribution in [0.4, 0.5) is 0 Å². The first kappa shape index (κ1) is 15.7. The van der Waals surface area contributed by atoms with E-state index in [1.54, 1.807) is 0 Å². The molecule has 0 aliphatic heterocycles. The van der Waals surface area contributed by atoms with E-state index in [9.17, 15) is 0 Å². The number of halogens is 1. The van der Waals surface area contributed by atoms with Crippen molar-refractivity contribution in [3.63, 3.8) is 0 Å². The summed E-state index contributed by atoms with van der Waals surface area (Å²) in [7, 11) is 4.22. The standard InChI is InChI=1S/C13H25BrN4/c1-7-18-11(12(14)10(2)16-18)8-15-9-13(3,4)17(5)6/h15H,7-9H2,1-6H3. The maximum absolute atomic E-state index is 4.50. The van der Waals surface area contributed by atoms with Gasteiger partial charge in [0.2, 0.25) is 0 Å². The highest BCUT2D eigenvalue weighted by Gasteiger charge is 2.20. The van der Waals surface area contributed by atoms with E-state index in [-0.39, 0.29) is 5.54 Å². The van der Waals surface area contributed by atoms with E-state index < -0.39 is 0 Å². The van der Waals surface area contributed by atoms with Gasteiger partial charge in [-0.1, -0.05) is 0 Å². The molecule has 0 saturated heterocycles. The van der Waals surface area contributed by atoms with Gasteiger partial charge in [-0.15, -0.1) is 0 Å². The predicted octanol–water partition coefficient (Wildman–Crippen LogP) is 2.40. The van der Waals surface area contributed by atoms with Crippen LogP contribution in [0.2, 0.25) is 0 Å². The Labute approximate surface area is 119 Å². The molecule has 1 aromatic rings. The van der Waals surface area contributed by atoms with Gasteiger partial charge in [0, 0.05) is 25.2 Å². The summed E-state index contributed by atoms with van der Waals surface area (Å²) >= 11 is 3.62. The summed E-state index contributed by atoms with van der Waals surface area (Å²) in [6, 6.07) is 0. The van der Waals surface area contributed by atoms with Gasteiger partial charge in [0.15, 0.2) is 0 Å². The molecule has 0 fully saturated rings. The fraction of sp³-hybridized carbons (Fsp3) is 0.769. The van der Waals surface area contributed by atoms with E-state index in [1.165, 1.54) is 5.69 Å². The third-order valence-electron chi connectivity index (χ3n) is 3.51. The molecule has 104 valence electrons. The van der Waals surface area contributed by atoms with E-state index in [0.717, 1.165) is 29.8 Å². The van der Waals surface area contributed by atoms with Gasteiger partial charge in [-0.25, -0.2) is 0 Å². The van der Waals surface area contributed by atoms with Crippen LogP contribution >= 0.6 is 15.9 Å². The zero-order valence-electron chi connectivity index (χ0n) is 12.3. The van der Waals surface area contributed by atoms with Gasteiger partial charge in [-0.2, -0.15) is 5.10 Å². The van der Waals surface area contributed by atoms with E-state index in [2.05, 4.69) is 70.8 Å². The molecule has 5 heteroatoms. The molecule has 0 aliphatic rings. The lowest BCUT2D eigenvalue weighted by Gasteiger charge is -2.32. The molecule has 1 N–H and O–H groups in total. The maximum Gasteiger partial charge on any atom is 0.0739 e. The smallest absolute Gasteiger partial charge is 0.0739 e. The number of aromatic nitrogens is 2. The SMILES string of the molecule is CCn1nc(C)c(Br)c1CNCC(C)(C)N(C)C. The van der Waals surface area contributed by atoms with E-state index >= 15 is 0 Å². The lowest BCUT2D eigenvalue weighted by molar-refractivity contribution is 0.189. The van der Waals surface area contributed by atoms with Gasteiger partial charge < -0.3 is 10.2 Å². The van der Waals surface area contributed by atoms with Gasteiger partial charge >= 0.3 is 0 Å². The van der Waals surface area contributed by atoms with Gasteiger partial charge in [0.25, 0.3) is 0 Å². The number of hydrogen-bond donors (Lipinski definition) is 1. The molecule has 0 spiro atoms. The average molecular weight is 317 g/mol. The second-order valence-electron chi connectivity index (χ2n) is 5.47. The Morgan fingerprint density at radius 3 is 2.50 bits per heavy atom. The lowest BCUT2D eigenvalue weighted by Crippen LogP contribution is -2.46. The van der Waals surface area contributed by atoms with Gasteiger partial charge in [-0.05, 0) is 57.7 Å². The van der Waals surface area contributed by atoms with Gasteiger partial charge in [0.05, 0.1) is 15.9 Å². The molecular weight excluding hydrogens is 292 g/mol. The van der Waals surface area contributed by atoms with Crippen LogP contribution in [-0.2, 0) is 13.1 Å². The Morgan fingerprint density at radius 2 is 2.00 bits per heavy atom. The molecule has 1 rings (SSSR count). The molecule has 0 amide bonds. The summed E-state index contributed by atoms with van der Waals surface area (Å²) in [5.74, 6) is 0. The first-order chi connectivity index (χ1) is 8.29. The molecule has 4 nitrogen and oxygen atoms in total. The molecule has 0 bridgehead atoms. The van der Waals surface area contributed by atoms with Crippen molar-refractivity contribution < 1.29 is 0 Å². The Kier molecular flexibility index (Phi) is 5.37. The first-order valence-corrected chi connectivity index (χ1v) is 7.18. The molecule has 1 heterocycles. The Hall–Kier alpha value is -0.390. The van der Waals surface area contributed by atoms with Crippen molar-refractivity contribution in [2.45, 2.75) is 46.3 Å². The third kappa shape index (κ3) is 3.56. The first-order valence-electron chi connectivity index (χ1n) is 6.39. The number of rotatable bonds is 6. The summed E-state index contributed by atoms with van der Waals surface area (Å²) in [5.41, 5.74) is 2.43. The second-order valence-corrected chi connectivity index (χ2v) is 6.27. The van der Waals surface area contributed by atoms with E-state index in [1.807, 2.05) is 6.92 Å². The Morgan fingerprint density at radius 1 is 1.39 bits per heavy atom. The third-order valence-corrected chi connectivity index (χ3v) is 4.55. The van der Waals surface area contributed by atoms with Crippen molar-refractivity contribution in [1.29, 1.82) is 0 Å². The number of nitrogens with zero attached hydrogens (tertiary/aromatic N) is 3. The molecule has 0 saturated carbocycles. The van der Waals surface area contributed by atoms with Crippen molar-refractivity contribution in [3.8, 4) is 0 Å². The minimum absolute atomic E-state index is 0.151. The molecule has 0 aromatic carbocycles. The number of likely N-dealkylation sites (N-methyl/N-ethyl adjacent to an activating group) is 1. The highest BCUT2D eigenvalue weighted by molar-refractivity contribution is 9.10. The largest absolute Gasteiger partial charge is 0.309 e. The fourth-order valence-electron chi connectivity index (χ4n) is 1.68. The molecule has 1 aromatic heterocycles. The molecular formula is C13H25BrN4. The van der Waals surface area contributed by atoms with Crippen LogP contribution in [-0.4, -0.2) is 40.9 Å². The van der Waals surface area contributed by atoms with Crippen molar-refractivity contribution in [2.75, 3.05) is 20.6 Å². The fourth-order valence-corrected chi connectivity index (χ4v) is 2.11. The summed E-state index contributed by atoms with van der Waals surface area (Å²) in [4.78, 5) is 2.23. The monoisotopic (exact) mass is 316 g/mol. The number of nitrogens with one attached hydrogen (secondary N) is 1. The summed E-state index contributed by atoms with van der Waals surface area (Å²) < 4.78 is 3.18. The van der Waals surface area contributed by atoms with Gasteiger partial charge in [-0.3, -0.25) is 4.68 Å². The van der Waals surface area contributed by atoms with Crippen LogP contribution in [0.15, 0.2) is 4.47 Å². The summed E-state index contributed by atoms with van der Waals surface area (Å²) in [6.07, 6.45) is 0. The van der Waals surface area contributed by atoms with Crippen LogP contribution in [0, 0.1) is 6.92 Å². The number of aryl methyl sites for hydroxylation is 2. The van der Waals surface area contributed by atoms with E-state index in [0.29, 0.717) is 0 Å². The van der Waals surface area contributed by atoms with Crippen molar-refractivity contribution in [2.24, 2.45) is 0 Å². The van der Waals surface area contributed by atoms with Crippen LogP contribution < -0.4 is 5.32 Å². The topological polar surface area (TPSA) is 33.1 Å². The normalized spacial score (nSPS) is 12.4. The minimum Gasteiger partial charge on any atom is -0.309 e. The van der Waals surface area contributed by atoms with Crippen LogP contribution in [0.25, 0.3) is 0 Å². The van der Waals surface area contributed by atoms with Crippen molar-refractivity contribution in [1.82, 2.24) is 20.0 Å². The highest BCUT2D eigenvalue weighted by Crippen LogP contribution is 2.21. The molecule has 0 aliphatic carbocycles. The highest BCUT2D eigenvalue weighted by atomic mass is 79.9. The van der Waals surface area contributed by atoms with Crippen LogP contribution in [0.3, 0.4) is 0 Å². The Balaban J connectivity index is 2.64. The quantitative estimate of drug-likeness (QED) is 0.875. The summed E-state index contributed by atoms with van der Waals surface area (Å²) in [6.45, 7) is 11.3.